The van der Waals surface area contributed by atoms with Gasteiger partial charge < -0.3 is 10.1 Å². The number of nitrogens with zero attached hydrogens (tertiary/aromatic N) is 1. The topological polar surface area (TPSA) is 45.6 Å². The standard InChI is InChI=1S/C17H25N3OS/c1-13(2)21-16-10-8-14(9-11-16)12-18-20-17(22)19-15-6-4-3-5-7-15/h8-13,15H,3-7H2,1-2H3,(H2,19,20,22)/b18-12-. The fourth-order valence-electron chi connectivity index (χ4n) is 2.53. The van der Waals surface area contributed by atoms with E-state index in [1.54, 1.807) is 6.21 Å². The average molecular weight is 319 g/mol. The van der Waals surface area contributed by atoms with Crippen LogP contribution in [0.3, 0.4) is 0 Å². The van der Waals surface area contributed by atoms with E-state index in [2.05, 4.69) is 15.8 Å². The van der Waals surface area contributed by atoms with Crippen LogP contribution in [-0.2, 0) is 0 Å². The van der Waals surface area contributed by atoms with Crippen LogP contribution in [0.4, 0.5) is 0 Å². The van der Waals surface area contributed by atoms with Crippen molar-refractivity contribution in [1.82, 2.24) is 10.7 Å². The van der Waals surface area contributed by atoms with Crippen molar-refractivity contribution in [2.75, 3.05) is 0 Å². The minimum atomic E-state index is 0.185. The number of hydrogen-bond acceptors (Lipinski definition) is 3. The van der Waals surface area contributed by atoms with Gasteiger partial charge in [-0.1, -0.05) is 19.3 Å². The molecule has 0 unspecified atom stereocenters. The molecular formula is C17H25N3OS. The van der Waals surface area contributed by atoms with Crippen LogP contribution in [0.15, 0.2) is 29.4 Å². The molecule has 1 aromatic rings. The number of benzene rings is 1. The molecule has 120 valence electrons. The summed E-state index contributed by atoms with van der Waals surface area (Å²) in [6.07, 6.45) is 8.25. The summed E-state index contributed by atoms with van der Waals surface area (Å²) in [7, 11) is 0. The number of nitrogens with one attached hydrogen (secondary N) is 2. The Morgan fingerprint density at radius 3 is 2.55 bits per heavy atom. The van der Waals surface area contributed by atoms with Crippen molar-refractivity contribution in [3.8, 4) is 5.75 Å². The van der Waals surface area contributed by atoms with Gasteiger partial charge in [-0.25, -0.2) is 0 Å². The van der Waals surface area contributed by atoms with Gasteiger partial charge in [0.1, 0.15) is 5.75 Å². The molecule has 4 nitrogen and oxygen atoms in total. The molecule has 0 heterocycles. The zero-order valence-corrected chi connectivity index (χ0v) is 14.2. The zero-order valence-electron chi connectivity index (χ0n) is 13.3. The highest BCUT2D eigenvalue weighted by Gasteiger charge is 2.13. The van der Waals surface area contributed by atoms with Crippen LogP contribution in [0, 0.1) is 0 Å². The Balaban J connectivity index is 1.75. The molecule has 1 fully saturated rings. The maximum Gasteiger partial charge on any atom is 0.187 e. The van der Waals surface area contributed by atoms with Gasteiger partial charge in [0.05, 0.1) is 12.3 Å². The lowest BCUT2D eigenvalue weighted by Gasteiger charge is -2.23. The molecule has 0 saturated heterocycles. The van der Waals surface area contributed by atoms with E-state index in [9.17, 15) is 0 Å². The van der Waals surface area contributed by atoms with E-state index in [1.165, 1.54) is 32.1 Å². The number of rotatable bonds is 5. The third kappa shape index (κ3) is 6.02. The molecule has 1 aliphatic carbocycles. The molecule has 22 heavy (non-hydrogen) atoms. The van der Waals surface area contributed by atoms with Crippen molar-refractivity contribution >= 4 is 23.5 Å². The minimum absolute atomic E-state index is 0.185. The Morgan fingerprint density at radius 1 is 1.23 bits per heavy atom. The lowest BCUT2D eigenvalue weighted by molar-refractivity contribution is 0.242. The number of hydrogen-bond donors (Lipinski definition) is 2. The predicted molar refractivity (Wildman–Crippen MR) is 95.5 cm³/mol. The molecule has 5 heteroatoms. The van der Waals surface area contributed by atoms with Crippen molar-refractivity contribution in [2.45, 2.75) is 58.1 Å². The summed E-state index contributed by atoms with van der Waals surface area (Å²) in [5.74, 6) is 0.870. The molecule has 1 aromatic carbocycles. The van der Waals surface area contributed by atoms with Crippen molar-refractivity contribution in [1.29, 1.82) is 0 Å². The maximum atomic E-state index is 5.61. The summed E-state index contributed by atoms with van der Waals surface area (Å²) in [6, 6.07) is 8.33. The fraction of sp³-hybridized carbons (Fsp3) is 0.529. The van der Waals surface area contributed by atoms with E-state index in [1.807, 2.05) is 38.1 Å². The van der Waals surface area contributed by atoms with Crippen LogP contribution < -0.4 is 15.5 Å². The van der Waals surface area contributed by atoms with Crippen LogP contribution in [0.5, 0.6) is 5.75 Å². The lowest BCUT2D eigenvalue weighted by Crippen LogP contribution is -2.40. The molecular weight excluding hydrogens is 294 g/mol. The van der Waals surface area contributed by atoms with Gasteiger partial charge in [0.25, 0.3) is 0 Å². The van der Waals surface area contributed by atoms with E-state index in [4.69, 9.17) is 17.0 Å². The number of thiocarbonyl (C=S) groups is 1. The van der Waals surface area contributed by atoms with Crippen LogP contribution in [0.2, 0.25) is 0 Å². The third-order valence-electron chi connectivity index (χ3n) is 3.57. The molecule has 0 aliphatic heterocycles. The normalized spacial score (nSPS) is 16.0. The first kappa shape index (κ1) is 16.7. The van der Waals surface area contributed by atoms with Gasteiger partial charge in [-0.2, -0.15) is 5.10 Å². The van der Waals surface area contributed by atoms with E-state index in [-0.39, 0.29) is 6.10 Å². The Labute approximate surface area is 138 Å². The van der Waals surface area contributed by atoms with Gasteiger partial charge in [0.2, 0.25) is 0 Å². The van der Waals surface area contributed by atoms with Gasteiger partial charge in [-0.15, -0.1) is 0 Å². The van der Waals surface area contributed by atoms with Crippen molar-refractivity contribution in [3.63, 3.8) is 0 Å². The molecule has 2 rings (SSSR count). The van der Waals surface area contributed by atoms with E-state index in [0.717, 1.165) is 11.3 Å². The number of hydrazone groups is 1. The second kappa shape index (κ2) is 8.73. The first-order valence-corrected chi connectivity index (χ1v) is 8.40. The molecule has 0 radical (unpaired) electrons. The first-order valence-electron chi connectivity index (χ1n) is 8.00. The van der Waals surface area contributed by atoms with E-state index < -0.39 is 0 Å². The van der Waals surface area contributed by atoms with Crippen LogP contribution in [0.25, 0.3) is 0 Å². The largest absolute Gasteiger partial charge is 0.491 e. The molecule has 0 aromatic heterocycles. The summed E-state index contributed by atoms with van der Waals surface area (Å²) in [5.41, 5.74) is 3.89. The molecule has 0 amide bonds. The van der Waals surface area contributed by atoms with Gasteiger partial charge in [-0.3, -0.25) is 5.43 Å². The fourth-order valence-corrected chi connectivity index (χ4v) is 2.75. The van der Waals surface area contributed by atoms with Crippen LogP contribution in [0.1, 0.15) is 51.5 Å². The summed E-state index contributed by atoms with van der Waals surface area (Å²) >= 11 is 5.26. The maximum absolute atomic E-state index is 5.61. The van der Waals surface area contributed by atoms with Gasteiger partial charge >= 0.3 is 0 Å². The van der Waals surface area contributed by atoms with Crippen LogP contribution >= 0.6 is 12.2 Å². The molecule has 1 saturated carbocycles. The molecule has 0 spiro atoms. The first-order chi connectivity index (χ1) is 10.6. The summed E-state index contributed by atoms with van der Waals surface area (Å²) in [5, 5.41) is 8.10. The Morgan fingerprint density at radius 2 is 1.91 bits per heavy atom. The Hall–Kier alpha value is -1.62. The van der Waals surface area contributed by atoms with Crippen molar-refractivity contribution in [3.05, 3.63) is 29.8 Å². The van der Waals surface area contributed by atoms with E-state index in [0.29, 0.717) is 11.2 Å². The van der Waals surface area contributed by atoms with E-state index >= 15 is 0 Å². The van der Waals surface area contributed by atoms with Crippen molar-refractivity contribution in [2.24, 2.45) is 5.10 Å². The SMILES string of the molecule is CC(C)Oc1ccc(/C=N\NC(=S)NC2CCCCC2)cc1. The monoisotopic (exact) mass is 319 g/mol. The van der Waals surface area contributed by atoms with Gasteiger partial charge in [-0.05, 0) is 68.7 Å². The molecule has 0 atom stereocenters. The van der Waals surface area contributed by atoms with Gasteiger partial charge in [0, 0.05) is 6.04 Å². The van der Waals surface area contributed by atoms with Crippen LogP contribution in [-0.4, -0.2) is 23.5 Å². The highest BCUT2D eigenvalue weighted by Crippen LogP contribution is 2.17. The second-order valence-electron chi connectivity index (χ2n) is 5.91. The predicted octanol–water partition coefficient (Wildman–Crippen LogP) is 3.60. The highest BCUT2D eigenvalue weighted by atomic mass is 32.1. The summed E-state index contributed by atoms with van der Waals surface area (Å²) < 4.78 is 5.61. The Bertz CT molecular complexity index is 493. The zero-order chi connectivity index (χ0) is 15.8. The minimum Gasteiger partial charge on any atom is -0.491 e. The quantitative estimate of drug-likeness (QED) is 0.494. The average Bonchev–Trinajstić information content (AvgIpc) is 2.49. The lowest BCUT2D eigenvalue weighted by atomic mass is 9.96. The summed E-state index contributed by atoms with van der Waals surface area (Å²) in [4.78, 5) is 0. The molecule has 0 bridgehead atoms. The summed E-state index contributed by atoms with van der Waals surface area (Å²) in [6.45, 7) is 4.03. The molecule has 2 N–H and O–H groups in total. The Kier molecular flexibility index (Phi) is 6.65. The second-order valence-corrected chi connectivity index (χ2v) is 6.32. The van der Waals surface area contributed by atoms with Gasteiger partial charge in [0.15, 0.2) is 5.11 Å². The highest BCUT2D eigenvalue weighted by molar-refractivity contribution is 7.80. The van der Waals surface area contributed by atoms with Crippen molar-refractivity contribution < 1.29 is 4.74 Å². The number of ether oxygens (including phenoxy) is 1. The molecule has 1 aliphatic rings. The smallest absolute Gasteiger partial charge is 0.187 e. The third-order valence-corrected chi connectivity index (χ3v) is 3.78.